The third kappa shape index (κ3) is 4.19. The molecule has 3 aromatic heterocycles. The van der Waals surface area contributed by atoms with Crippen LogP contribution in [0.3, 0.4) is 0 Å². The smallest absolute Gasteiger partial charge is 0.258 e. The number of anilines is 4. The molecule has 0 saturated carbocycles. The van der Waals surface area contributed by atoms with Crippen LogP contribution in [0.2, 0.25) is 0 Å². The summed E-state index contributed by atoms with van der Waals surface area (Å²) in [7, 11) is 6.59. The normalized spacial score (nSPS) is 10.9. The van der Waals surface area contributed by atoms with E-state index in [2.05, 4.69) is 20.3 Å². The molecule has 0 spiro atoms. The first-order valence-electron chi connectivity index (χ1n) is 11.2. The molecule has 0 atom stereocenters. The summed E-state index contributed by atoms with van der Waals surface area (Å²) in [6, 6.07) is 9.43. The Labute approximate surface area is 216 Å². The Kier molecular flexibility index (Phi) is 6.36. The highest BCUT2D eigenvalue weighted by molar-refractivity contribution is 7.18. The molecule has 37 heavy (non-hydrogen) atoms. The predicted molar refractivity (Wildman–Crippen MR) is 146 cm³/mol. The number of carbonyl (C=O) groups excluding carboxylic acids is 1. The fraction of sp³-hybridized carbons (Fsp3) is 0.154. The highest BCUT2D eigenvalue weighted by Crippen LogP contribution is 2.44. The zero-order valence-corrected chi connectivity index (χ0v) is 21.4. The summed E-state index contributed by atoms with van der Waals surface area (Å²) in [6.45, 7) is 0. The number of ether oxygens (including phenoxy) is 3. The van der Waals surface area contributed by atoms with E-state index in [0.29, 0.717) is 44.5 Å². The van der Waals surface area contributed by atoms with Gasteiger partial charge in [0.15, 0.2) is 11.5 Å². The monoisotopic (exact) mass is 516 g/mol. The van der Waals surface area contributed by atoms with Gasteiger partial charge in [-0.15, -0.1) is 11.3 Å². The molecule has 188 valence electrons. The van der Waals surface area contributed by atoms with Crippen molar-refractivity contribution in [2.24, 2.45) is 0 Å². The number of rotatable bonds is 7. The number of thiophene rings is 1. The zero-order valence-electron chi connectivity index (χ0n) is 20.6. The van der Waals surface area contributed by atoms with Gasteiger partial charge in [-0.2, -0.15) is 0 Å². The molecule has 10 nitrogen and oxygen atoms in total. The van der Waals surface area contributed by atoms with E-state index >= 15 is 0 Å². The number of aromatic nitrogens is 3. The van der Waals surface area contributed by atoms with Crippen LogP contribution in [0.15, 0.2) is 54.4 Å². The average molecular weight is 517 g/mol. The molecular weight excluding hydrogens is 492 g/mol. The van der Waals surface area contributed by atoms with E-state index in [0.717, 1.165) is 22.1 Å². The molecular formula is C26H24N6O4S. The van der Waals surface area contributed by atoms with Crippen LogP contribution in [-0.4, -0.2) is 49.2 Å². The lowest BCUT2D eigenvalue weighted by molar-refractivity contribution is 0.102. The molecule has 5 rings (SSSR count). The molecule has 2 aromatic carbocycles. The first-order valence-corrected chi connectivity index (χ1v) is 12.0. The summed E-state index contributed by atoms with van der Waals surface area (Å²) in [5.41, 5.74) is 9.03. The molecule has 3 heterocycles. The molecule has 0 aliphatic rings. The Balaban J connectivity index is 1.63. The summed E-state index contributed by atoms with van der Waals surface area (Å²) in [5, 5.41) is 6.55. The van der Waals surface area contributed by atoms with Crippen molar-refractivity contribution in [2.75, 3.05) is 44.3 Å². The summed E-state index contributed by atoms with van der Waals surface area (Å²) in [4.78, 5) is 28.0. The molecule has 0 saturated heterocycles. The Hall–Kier alpha value is -4.64. The summed E-state index contributed by atoms with van der Waals surface area (Å²) in [5.74, 6) is 1.55. The van der Waals surface area contributed by atoms with E-state index in [1.807, 2.05) is 42.3 Å². The van der Waals surface area contributed by atoms with Gasteiger partial charge in [-0.1, -0.05) is 6.07 Å². The number of hydrogen-bond acceptors (Lipinski definition) is 10. The van der Waals surface area contributed by atoms with Gasteiger partial charge < -0.3 is 30.2 Å². The lowest BCUT2D eigenvalue weighted by atomic mass is 10.1. The second-order valence-electron chi connectivity index (χ2n) is 8.04. The van der Waals surface area contributed by atoms with Gasteiger partial charge in [-0.3, -0.25) is 9.78 Å². The molecule has 5 aromatic rings. The van der Waals surface area contributed by atoms with Crippen LogP contribution in [0.1, 0.15) is 10.4 Å². The van der Waals surface area contributed by atoms with Gasteiger partial charge in [0.05, 0.1) is 48.5 Å². The van der Waals surface area contributed by atoms with Gasteiger partial charge in [0.1, 0.15) is 12.1 Å². The number of nitrogens with zero attached hydrogens (tertiary/aromatic N) is 4. The van der Waals surface area contributed by atoms with Crippen LogP contribution in [-0.2, 0) is 0 Å². The van der Waals surface area contributed by atoms with E-state index in [1.165, 1.54) is 17.7 Å². The molecule has 0 bridgehead atoms. The standard InChI is InChI=1S/C26H24N6O4S/c1-32(15-9-19(34-2)23(36-4)20(10-15)35-3)18-6-5-14-11-28-8-7-16(14)21(18)31-26(33)17-12-37-24-22(17)29-13-30-25(24)27/h5-13H,1-4H3,(H,31,33)(H2,27,29,30). The van der Waals surface area contributed by atoms with E-state index in [-0.39, 0.29) is 5.91 Å². The maximum Gasteiger partial charge on any atom is 0.258 e. The van der Waals surface area contributed by atoms with Crippen LogP contribution < -0.4 is 30.2 Å². The van der Waals surface area contributed by atoms with Crippen molar-refractivity contribution in [1.82, 2.24) is 15.0 Å². The van der Waals surface area contributed by atoms with Crippen molar-refractivity contribution >= 4 is 61.1 Å². The maximum atomic E-state index is 13.5. The summed E-state index contributed by atoms with van der Waals surface area (Å²) in [6.07, 6.45) is 4.80. The van der Waals surface area contributed by atoms with Crippen LogP contribution in [0, 0.1) is 0 Å². The van der Waals surface area contributed by atoms with Crippen LogP contribution in [0.4, 0.5) is 22.9 Å². The molecule has 0 fully saturated rings. The SMILES string of the molecule is COc1cc(N(C)c2ccc3cnccc3c2NC(=O)c2csc3c(N)ncnc23)cc(OC)c1OC. The number of carbonyl (C=O) groups is 1. The van der Waals surface area contributed by atoms with Gasteiger partial charge in [-0.05, 0) is 12.1 Å². The average Bonchev–Trinajstić information content (AvgIpc) is 3.37. The number of hydrogen-bond donors (Lipinski definition) is 2. The number of amides is 1. The van der Waals surface area contributed by atoms with E-state index < -0.39 is 0 Å². The Bertz CT molecular complexity index is 1610. The second kappa shape index (κ2) is 9.78. The lowest BCUT2D eigenvalue weighted by Gasteiger charge is -2.25. The molecule has 0 unspecified atom stereocenters. The van der Waals surface area contributed by atoms with E-state index in [9.17, 15) is 4.79 Å². The second-order valence-corrected chi connectivity index (χ2v) is 8.92. The van der Waals surface area contributed by atoms with Crippen molar-refractivity contribution in [3.05, 3.63) is 60.0 Å². The highest BCUT2D eigenvalue weighted by Gasteiger charge is 2.22. The number of benzene rings is 2. The first kappa shape index (κ1) is 24.1. The van der Waals surface area contributed by atoms with Crippen molar-refractivity contribution < 1.29 is 19.0 Å². The fourth-order valence-corrected chi connectivity index (χ4v) is 5.08. The number of nitrogens with two attached hydrogens (primary N) is 1. The quantitative estimate of drug-likeness (QED) is 0.312. The minimum atomic E-state index is -0.312. The number of fused-ring (bicyclic) bond motifs is 2. The highest BCUT2D eigenvalue weighted by atomic mass is 32.1. The summed E-state index contributed by atoms with van der Waals surface area (Å²) < 4.78 is 17.2. The Morgan fingerprint density at radius 1 is 1.05 bits per heavy atom. The van der Waals surface area contributed by atoms with Crippen molar-refractivity contribution in [3.63, 3.8) is 0 Å². The molecule has 1 amide bonds. The first-order chi connectivity index (χ1) is 18.0. The fourth-order valence-electron chi connectivity index (χ4n) is 4.18. The number of pyridine rings is 1. The van der Waals surface area contributed by atoms with Crippen molar-refractivity contribution in [3.8, 4) is 17.2 Å². The third-order valence-electron chi connectivity index (χ3n) is 6.06. The van der Waals surface area contributed by atoms with Gasteiger partial charge in [0.2, 0.25) is 5.75 Å². The van der Waals surface area contributed by atoms with Gasteiger partial charge in [-0.25, -0.2) is 9.97 Å². The molecule has 0 radical (unpaired) electrons. The largest absolute Gasteiger partial charge is 0.493 e. The zero-order chi connectivity index (χ0) is 26.1. The van der Waals surface area contributed by atoms with E-state index in [4.69, 9.17) is 19.9 Å². The van der Waals surface area contributed by atoms with Gasteiger partial charge in [0.25, 0.3) is 5.91 Å². The van der Waals surface area contributed by atoms with Crippen molar-refractivity contribution in [2.45, 2.75) is 0 Å². The molecule has 0 aliphatic carbocycles. The minimum absolute atomic E-state index is 0.312. The van der Waals surface area contributed by atoms with Crippen LogP contribution in [0.5, 0.6) is 17.2 Å². The van der Waals surface area contributed by atoms with Crippen LogP contribution >= 0.6 is 11.3 Å². The number of methoxy groups -OCH3 is 3. The molecule has 0 aliphatic heterocycles. The van der Waals surface area contributed by atoms with E-state index in [1.54, 1.807) is 39.1 Å². The maximum absolute atomic E-state index is 13.5. The Morgan fingerprint density at radius 2 is 1.81 bits per heavy atom. The lowest BCUT2D eigenvalue weighted by Crippen LogP contribution is -2.17. The predicted octanol–water partition coefficient (Wildman–Crippen LogP) is 4.87. The topological polar surface area (TPSA) is 125 Å². The van der Waals surface area contributed by atoms with Gasteiger partial charge >= 0.3 is 0 Å². The molecule has 3 N–H and O–H groups in total. The molecule has 11 heteroatoms. The Morgan fingerprint density at radius 3 is 2.51 bits per heavy atom. The third-order valence-corrected chi connectivity index (χ3v) is 7.05. The number of nitrogens with one attached hydrogen (secondary N) is 1. The number of nitrogen functional groups attached to an aromatic ring is 1. The minimum Gasteiger partial charge on any atom is -0.493 e. The van der Waals surface area contributed by atoms with Crippen LogP contribution in [0.25, 0.3) is 21.0 Å². The van der Waals surface area contributed by atoms with Gasteiger partial charge in [0, 0.05) is 53.4 Å². The van der Waals surface area contributed by atoms with Crippen molar-refractivity contribution in [1.29, 1.82) is 0 Å². The summed E-state index contributed by atoms with van der Waals surface area (Å²) >= 11 is 1.33.